The van der Waals surface area contributed by atoms with Crippen molar-refractivity contribution in [3.63, 3.8) is 0 Å². The van der Waals surface area contributed by atoms with Crippen molar-refractivity contribution in [3.05, 3.63) is 88.1 Å². The quantitative estimate of drug-likeness (QED) is 0.477. The van der Waals surface area contributed by atoms with Gasteiger partial charge in [0.2, 0.25) is 5.91 Å². The third kappa shape index (κ3) is 3.91. The Labute approximate surface area is 184 Å². The molecule has 0 fully saturated rings. The van der Waals surface area contributed by atoms with Gasteiger partial charge in [-0.1, -0.05) is 24.3 Å². The van der Waals surface area contributed by atoms with Gasteiger partial charge in [0.15, 0.2) is 0 Å². The lowest BCUT2D eigenvalue weighted by Gasteiger charge is -2.28. The van der Waals surface area contributed by atoms with Gasteiger partial charge < -0.3 is 9.72 Å². The van der Waals surface area contributed by atoms with E-state index in [0.29, 0.717) is 23.1 Å². The van der Waals surface area contributed by atoms with Crippen LogP contribution in [0.15, 0.2) is 65.6 Å². The lowest BCUT2D eigenvalue weighted by molar-refractivity contribution is -0.121. The highest BCUT2D eigenvalue weighted by atomic mass is 19.1. The Morgan fingerprint density at radius 2 is 1.84 bits per heavy atom. The molecule has 0 saturated heterocycles. The Bertz CT molecular complexity index is 1360. The highest BCUT2D eigenvalue weighted by Gasteiger charge is 2.16. The molecule has 0 aliphatic carbocycles. The summed E-state index contributed by atoms with van der Waals surface area (Å²) in [4.78, 5) is 27.9. The van der Waals surface area contributed by atoms with Crippen molar-refractivity contribution in [2.45, 2.75) is 25.9 Å². The van der Waals surface area contributed by atoms with Crippen LogP contribution in [0.2, 0.25) is 0 Å². The zero-order valence-corrected chi connectivity index (χ0v) is 17.8. The first-order valence-electron chi connectivity index (χ1n) is 10.9. The fraction of sp³-hybridized carbons (Fsp3) is 0.280. The van der Waals surface area contributed by atoms with Gasteiger partial charge in [-0.25, -0.2) is 4.39 Å². The highest BCUT2D eigenvalue weighted by molar-refractivity contribution is 5.82. The molecule has 4 aromatic rings. The molecule has 2 aromatic carbocycles. The van der Waals surface area contributed by atoms with Gasteiger partial charge in [0, 0.05) is 32.4 Å². The second kappa shape index (κ2) is 8.59. The maximum atomic E-state index is 13.9. The maximum Gasteiger partial charge on any atom is 0.275 e. The minimum atomic E-state index is -0.444. The number of carbonyl (C=O) groups is 1. The number of aromatic nitrogens is 2. The van der Waals surface area contributed by atoms with E-state index < -0.39 is 5.82 Å². The van der Waals surface area contributed by atoms with Gasteiger partial charge in [-0.3, -0.25) is 19.1 Å². The number of halogens is 1. The average molecular weight is 432 g/mol. The number of hydrogen-bond donors (Lipinski definition) is 1. The summed E-state index contributed by atoms with van der Waals surface area (Å²) in [6, 6.07) is 16.3. The molecule has 1 aliphatic rings. The second-order valence-corrected chi connectivity index (χ2v) is 8.29. The van der Waals surface area contributed by atoms with E-state index in [4.69, 9.17) is 0 Å². The Balaban J connectivity index is 1.22. The molecule has 32 heavy (non-hydrogen) atoms. The molecule has 0 radical (unpaired) electrons. The van der Waals surface area contributed by atoms with Crippen molar-refractivity contribution < 1.29 is 9.18 Å². The van der Waals surface area contributed by atoms with Gasteiger partial charge >= 0.3 is 0 Å². The molecule has 1 N–H and O–H groups in total. The summed E-state index contributed by atoms with van der Waals surface area (Å²) in [7, 11) is 0. The molecule has 164 valence electrons. The van der Waals surface area contributed by atoms with Crippen molar-refractivity contribution in [2.24, 2.45) is 0 Å². The number of fused-ring (bicyclic) bond motifs is 4. The molecule has 0 spiro atoms. The number of rotatable bonds is 6. The zero-order valence-electron chi connectivity index (χ0n) is 17.8. The smallest absolute Gasteiger partial charge is 0.275 e. The van der Waals surface area contributed by atoms with Crippen molar-refractivity contribution in [3.8, 4) is 0 Å². The average Bonchev–Trinajstić information content (AvgIpc) is 3.29. The molecule has 2 aromatic heterocycles. The topological polar surface area (TPSA) is 58.8 Å². The van der Waals surface area contributed by atoms with Crippen LogP contribution in [0.25, 0.3) is 16.6 Å². The van der Waals surface area contributed by atoms with Crippen LogP contribution in [0, 0.1) is 5.82 Å². The molecule has 1 aliphatic heterocycles. The van der Waals surface area contributed by atoms with Gasteiger partial charge in [0.25, 0.3) is 5.56 Å². The minimum absolute atomic E-state index is 0.141. The molecular weight excluding hydrogens is 407 g/mol. The minimum Gasteiger partial charge on any atom is -0.355 e. The summed E-state index contributed by atoms with van der Waals surface area (Å²) < 4.78 is 17.0. The molecular formula is C25H25FN4O2. The molecule has 0 unspecified atom stereocenters. The van der Waals surface area contributed by atoms with Crippen molar-refractivity contribution in [1.82, 2.24) is 19.2 Å². The molecule has 0 saturated carbocycles. The Hall–Kier alpha value is -3.45. The van der Waals surface area contributed by atoms with Gasteiger partial charge in [0.05, 0.1) is 11.0 Å². The van der Waals surface area contributed by atoms with Crippen LogP contribution in [0.5, 0.6) is 0 Å². The molecule has 5 rings (SSSR count). The van der Waals surface area contributed by atoms with Crippen LogP contribution in [-0.2, 0) is 24.3 Å². The fourth-order valence-electron chi connectivity index (χ4n) is 4.56. The van der Waals surface area contributed by atoms with Crippen molar-refractivity contribution >= 4 is 22.5 Å². The number of benzene rings is 2. The first kappa shape index (κ1) is 20.5. The van der Waals surface area contributed by atoms with Crippen LogP contribution in [-0.4, -0.2) is 39.4 Å². The predicted octanol–water partition coefficient (Wildman–Crippen LogP) is 2.96. The van der Waals surface area contributed by atoms with E-state index >= 15 is 0 Å². The predicted molar refractivity (Wildman–Crippen MR) is 122 cm³/mol. The molecule has 3 heterocycles. The Morgan fingerprint density at radius 1 is 1.00 bits per heavy atom. The Kier molecular flexibility index (Phi) is 5.49. The zero-order chi connectivity index (χ0) is 22.1. The van der Waals surface area contributed by atoms with E-state index in [-0.39, 0.29) is 18.0 Å². The lowest BCUT2D eigenvalue weighted by atomic mass is 10.00. The molecule has 7 heteroatoms. The van der Waals surface area contributed by atoms with Crippen LogP contribution in [0.4, 0.5) is 4.39 Å². The SMILES string of the molecule is O=C(Cn1c(=O)c2cccn2c2ccc(F)cc21)NCCCN1CCc2ccccc2C1. The molecule has 0 atom stereocenters. The third-order valence-corrected chi connectivity index (χ3v) is 6.19. The van der Waals surface area contributed by atoms with Crippen molar-refractivity contribution in [1.29, 1.82) is 0 Å². The van der Waals surface area contributed by atoms with E-state index in [9.17, 15) is 14.0 Å². The van der Waals surface area contributed by atoms with E-state index in [1.165, 1.54) is 27.8 Å². The molecule has 1 amide bonds. The standard InChI is InChI=1S/C25H25FN4O2/c26-20-8-9-21-23(15-20)30(25(32)22-7-3-13-29(21)22)17-24(31)27-11-4-12-28-14-10-18-5-1-2-6-19(18)16-28/h1-3,5-9,13,15H,4,10-12,14,16-17H2,(H,27,31). The number of carbonyl (C=O) groups excluding carboxylic acids is 1. The van der Waals surface area contributed by atoms with Crippen LogP contribution >= 0.6 is 0 Å². The number of amides is 1. The van der Waals surface area contributed by atoms with Crippen LogP contribution in [0.3, 0.4) is 0 Å². The van der Waals surface area contributed by atoms with Crippen LogP contribution in [0.1, 0.15) is 17.5 Å². The monoisotopic (exact) mass is 432 g/mol. The lowest BCUT2D eigenvalue weighted by Crippen LogP contribution is -2.36. The summed E-state index contributed by atoms with van der Waals surface area (Å²) in [6.45, 7) is 3.26. The van der Waals surface area contributed by atoms with E-state index in [2.05, 4.69) is 34.5 Å². The van der Waals surface area contributed by atoms with Gasteiger partial charge in [0.1, 0.15) is 17.9 Å². The van der Waals surface area contributed by atoms with E-state index in [0.717, 1.165) is 32.5 Å². The number of nitrogens with zero attached hydrogens (tertiary/aromatic N) is 3. The van der Waals surface area contributed by atoms with Gasteiger partial charge in [-0.05, 0) is 54.3 Å². The summed E-state index contributed by atoms with van der Waals surface area (Å²) >= 11 is 0. The first-order valence-corrected chi connectivity index (χ1v) is 10.9. The summed E-state index contributed by atoms with van der Waals surface area (Å²) in [5, 5.41) is 2.91. The van der Waals surface area contributed by atoms with E-state index in [1.807, 2.05) is 0 Å². The third-order valence-electron chi connectivity index (χ3n) is 6.19. The van der Waals surface area contributed by atoms with Gasteiger partial charge in [-0.15, -0.1) is 0 Å². The fourth-order valence-corrected chi connectivity index (χ4v) is 4.56. The second-order valence-electron chi connectivity index (χ2n) is 8.29. The largest absolute Gasteiger partial charge is 0.355 e. The number of hydrogen-bond acceptors (Lipinski definition) is 3. The molecule has 6 nitrogen and oxygen atoms in total. The maximum absolute atomic E-state index is 13.9. The van der Waals surface area contributed by atoms with E-state index in [1.54, 1.807) is 28.8 Å². The number of nitrogens with one attached hydrogen (secondary N) is 1. The summed E-state index contributed by atoms with van der Waals surface area (Å²) in [5.41, 5.74) is 4.04. The van der Waals surface area contributed by atoms with Crippen LogP contribution < -0.4 is 10.9 Å². The van der Waals surface area contributed by atoms with Gasteiger partial charge in [-0.2, -0.15) is 0 Å². The Morgan fingerprint density at radius 3 is 2.72 bits per heavy atom. The summed E-state index contributed by atoms with van der Waals surface area (Å²) in [5.74, 6) is -0.696. The normalized spacial score (nSPS) is 14.0. The molecule has 0 bridgehead atoms. The summed E-state index contributed by atoms with van der Waals surface area (Å²) in [6.07, 6.45) is 3.65. The van der Waals surface area contributed by atoms with Crippen molar-refractivity contribution in [2.75, 3.05) is 19.6 Å². The highest BCUT2D eigenvalue weighted by Crippen LogP contribution is 2.19. The first-order chi connectivity index (χ1) is 15.6.